The van der Waals surface area contributed by atoms with Crippen molar-refractivity contribution in [3.63, 3.8) is 0 Å². The van der Waals surface area contributed by atoms with Gasteiger partial charge in [-0.05, 0) is 12.1 Å². The van der Waals surface area contributed by atoms with Crippen LogP contribution in [0.5, 0.6) is 0 Å². The number of hydrogen-bond acceptors (Lipinski definition) is 8. The first-order chi connectivity index (χ1) is 10.2. The minimum Gasteiger partial charge on any atom is -0.325 e. The molecular formula is C10H13N5O5S. The molecule has 1 unspecified atom stereocenters. The van der Waals surface area contributed by atoms with E-state index in [2.05, 4.69) is 14.5 Å². The lowest BCUT2D eigenvalue weighted by Crippen LogP contribution is -2.32. The fraction of sp³-hybridized carbons (Fsp3) is 0.400. The summed E-state index contributed by atoms with van der Waals surface area (Å²) in [6.07, 6.45) is 3.68. The number of nitrogens with zero attached hydrogens (tertiary/aromatic N) is 4. The predicted molar refractivity (Wildman–Crippen MR) is 70.5 cm³/mol. The van der Waals surface area contributed by atoms with Crippen LogP contribution in [0.15, 0.2) is 18.3 Å². The van der Waals surface area contributed by atoms with E-state index in [-0.39, 0.29) is 12.1 Å². The van der Waals surface area contributed by atoms with E-state index in [1.54, 1.807) is 15.8 Å². The molecule has 0 radical (unpaired) electrons. The van der Waals surface area contributed by atoms with Gasteiger partial charge in [0.1, 0.15) is 6.04 Å². The number of rotatable bonds is 6. The monoisotopic (exact) mass is 315 g/mol. The number of aromatic nitrogens is 2. The largest absolute Gasteiger partial charge is 0.346 e. The van der Waals surface area contributed by atoms with Gasteiger partial charge in [0.05, 0.1) is 17.9 Å². The van der Waals surface area contributed by atoms with Crippen LogP contribution in [0.25, 0.3) is 5.70 Å². The first kappa shape index (κ1) is 14.3. The molecule has 0 aromatic carbocycles. The lowest BCUT2D eigenvalue weighted by atomic mass is 10.2. The number of hydroxylamine groups is 2. The van der Waals surface area contributed by atoms with Crippen LogP contribution >= 0.6 is 12.3 Å². The molecule has 1 fully saturated rings. The summed E-state index contributed by atoms with van der Waals surface area (Å²) in [7, 11) is 0. The molecule has 1 aromatic heterocycles. The van der Waals surface area contributed by atoms with Gasteiger partial charge in [0.2, 0.25) is 12.3 Å². The Balaban J connectivity index is 1.75. The smallest absolute Gasteiger partial charge is 0.325 e. The number of fused-ring (bicyclic) bond motifs is 2. The molecule has 2 aliphatic heterocycles. The zero-order chi connectivity index (χ0) is 14.8. The highest BCUT2D eigenvalue weighted by Gasteiger charge is 2.42. The summed E-state index contributed by atoms with van der Waals surface area (Å²) in [5.74, 6) is 0. The van der Waals surface area contributed by atoms with Crippen LogP contribution in [0.3, 0.4) is 0 Å². The second-order valence-corrected chi connectivity index (χ2v) is 4.88. The van der Waals surface area contributed by atoms with E-state index in [0.29, 0.717) is 32.0 Å². The van der Waals surface area contributed by atoms with Gasteiger partial charge >= 0.3 is 6.03 Å². The first-order valence-corrected chi connectivity index (χ1v) is 6.75. The summed E-state index contributed by atoms with van der Waals surface area (Å²) < 4.78 is 10.8. The fourth-order valence-corrected chi connectivity index (χ4v) is 2.60. The summed E-state index contributed by atoms with van der Waals surface area (Å²) in [5, 5.41) is 16.9. The number of amides is 2. The molecular weight excluding hydrogens is 302 g/mol. The number of urea groups is 1. The molecule has 2 aliphatic rings. The molecule has 1 saturated heterocycles. The fourth-order valence-electron chi connectivity index (χ4n) is 2.31. The van der Waals surface area contributed by atoms with Crippen molar-refractivity contribution < 1.29 is 23.7 Å². The second kappa shape index (κ2) is 6.01. The van der Waals surface area contributed by atoms with E-state index in [0.717, 1.165) is 16.5 Å². The van der Waals surface area contributed by atoms with Gasteiger partial charge in [-0.1, -0.05) is 5.04 Å². The molecule has 3 heterocycles. The van der Waals surface area contributed by atoms with Crippen molar-refractivity contribution in [3.8, 4) is 0 Å². The minimum atomic E-state index is -0.300. The zero-order valence-electron chi connectivity index (χ0n) is 10.8. The number of nitrogens with two attached hydrogens (primary N) is 1. The Labute approximate surface area is 123 Å². The van der Waals surface area contributed by atoms with E-state index in [9.17, 15) is 4.79 Å². The highest BCUT2D eigenvalue weighted by Crippen LogP contribution is 2.28. The average molecular weight is 315 g/mol. The molecule has 2 bridgehead atoms. The molecule has 114 valence electrons. The zero-order valence-corrected chi connectivity index (χ0v) is 11.6. The third-order valence-electron chi connectivity index (χ3n) is 3.22. The highest BCUT2D eigenvalue weighted by molar-refractivity contribution is 7.89. The molecule has 0 spiro atoms. The molecule has 3 rings (SSSR count). The Morgan fingerprint density at radius 3 is 3.14 bits per heavy atom. The van der Waals surface area contributed by atoms with Crippen LogP contribution < -0.4 is 5.73 Å². The van der Waals surface area contributed by atoms with Crippen molar-refractivity contribution in [3.05, 3.63) is 24.0 Å². The number of carbonyl (C=O) groups excluding carboxylic acids is 1. The van der Waals surface area contributed by atoms with Crippen molar-refractivity contribution in [2.45, 2.75) is 12.6 Å². The van der Waals surface area contributed by atoms with Crippen LogP contribution in [0.1, 0.15) is 5.69 Å². The lowest BCUT2D eigenvalue weighted by Gasteiger charge is -2.21. The Kier molecular flexibility index (Phi) is 4.10. The molecule has 10 nitrogen and oxygen atoms in total. The van der Waals surface area contributed by atoms with Gasteiger partial charge in [-0.15, -0.1) is 4.33 Å². The van der Waals surface area contributed by atoms with Crippen molar-refractivity contribution in [1.82, 2.24) is 19.7 Å². The van der Waals surface area contributed by atoms with Gasteiger partial charge in [-0.3, -0.25) is 0 Å². The minimum absolute atomic E-state index is 0.276. The summed E-state index contributed by atoms with van der Waals surface area (Å²) in [6.45, 7) is 1.29. The summed E-state index contributed by atoms with van der Waals surface area (Å²) in [5.41, 5.74) is 7.16. The third-order valence-corrected chi connectivity index (χ3v) is 3.56. The predicted octanol–water partition coefficient (Wildman–Crippen LogP) is 0.219. The molecule has 1 aromatic rings. The number of hydrogen-bond donors (Lipinski definition) is 2. The molecule has 2 amide bonds. The van der Waals surface area contributed by atoms with E-state index in [4.69, 9.17) is 15.3 Å². The quantitative estimate of drug-likeness (QED) is 0.331. The van der Waals surface area contributed by atoms with E-state index < -0.39 is 0 Å². The van der Waals surface area contributed by atoms with E-state index in [1.807, 2.05) is 12.1 Å². The van der Waals surface area contributed by atoms with Crippen molar-refractivity contribution in [2.75, 3.05) is 13.1 Å². The molecule has 0 aliphatic carbocycles. The van der Waals surface area contributed by atoms with Crippen LogP contribution in [0.4, 0.5) is 4.79 Å². The van der Waals surface area contributed by atoms with Crippen molar-refractivity contribution in [2.24, 2.45) is 5.73 Å². The molecule has 11 heteroatoms. The van der Waals surface area contributed by atoms with Crippen LogP contribution in [0, 0.1) is 0 Å². The second-order valence-electron chi connectivity index (χ2n) is 4.46. The van der Waals surface area contributed by atoms with E-state index >= 15 is 0 Å². The third kappa shape index (κ3) is 2.74. The van der Waals surface area contributed by atoms with Crippen molar-refractivity contribution >= 4 is 24.1 Å². The Hall–Kier alpha value is -1.63. The normalized spacial score (nSPS) is 21.1. The molecule has 0 saturated carbocycles. The Morgan fingerprint density at radius 2 is 2.43 bits per heavy atom. The topological polar surface area (TPSA) is 115 Å². The summed E-state index contributed by atoms with van der Waals surface area (Å²) >= 11 is 0.346. The van der Waals surface area contributed by atoms with Crippen LogP contribution in [-0.4, -0.2) is 50.2 Å². The maximum absolute atomic E-state index is 12.1. The van der Waals surface area contributed by atoms with Crippen molar-refractivity contribution in [1.29, 1.82) is 0 Å². The van der Waals surface area contributed by atoms with Crippen LogP contribution in [0.2, 0.25) is 0 Å². The molecule has 3 N–H and O–H groups in total. The first-order valence-electron chi connectivity index (χ1n) is 6.08. The Morgan fingerprint density at radius 1 is 1.57 bits per heavy atom. The number of carbonyl (C=O) groups is 1. The standard InChI is InChI=1S/C10H13N5O5S/c11-4-7-1-2-14(12-7)8-3-9-6-13(5-8)10(16)15(9)18-21-20-19-17/h1-3,9,17H,4-6,11H2. The average Bonchev–Trinajstić information content (AvgIpc) is 3.06. The van der Waals surface area contributed by atoms with Gasteiger partial charge in [-0.2, -0.15) is 14.4 Å². The SMILES string of the molecule is NCc1ccn(C2=CC3CN(C2)C(=O)N3OSOOO)n1. The maximum Gasteiger partial charge on any atom is 0.346 e. The summed E-state index contributed by atoms with van der Waals surface area (Å²) in [4.78, 5) is 13.7. The van der Waals surface area contributed by atoms with Gasteiger partial charge in [0, 0.05) is 19.3 Å². The molecule has 21 heavy (non-hydrogen) atoms. The molecule has 1 atom stereocenters. The summed E-state index contributed by atoms with van der Waals surface area (Å²) in [6, 6.07) is 1.25. The van der Waals surface area contributed by atoms with Gasteiger partial charge in [0.25, 0.3) is 0 Å². The lowest BCUT2D eigenvalue weighted by molar-refractivity contribution is -0.435. The van der Waals surface area contributed by atoms with Gasteiger partial charge in [0.15, 0.2) is 0 Å². The van der Waals surface area contributed by atoms with Crippen LogP contribution in [-0.2, 0) is 20.2 Å². The highest BCUT2D eigenvalue weighted by atomic mass is 32.2. The van der Waals surface area contributed by atoms with Gasteiger partial charge < -0.3 is 10.6 Å². The van der Waals surface area contributed by atoms with Gasteiger partial charge in [-0.25, -0.2) is 14.7 Å². The van der Waals surface area contributed by atoms with E-state index in [1.165, 1.54) is 0 Å². The maximum atomic E-state index is 12.1. The Bertz CT molecular complexity index is 564.